The fraction of sp³-hybridized carbons (Fsp3) is 0.412. The molecule has 2 aliphatic heterocycles. The minimum atomic E-state index is -0.229. The average Bonchev–Trinajstić information content (AvgIpc) is 3.60. The van der Waals surface area contributed by atoms with E-state index in [0.717, 1.165) is 122 Å². The number of hydrogen-bond acceptors (Lipinski definition) is 8. The molecule has 10 nitrogen and oxygen atoms in total. The fourth-order valence-electron chi connectivity index (χ4n) is 7.35. The minimum Gasteiger partial charge on any atom is -0.385 e. The molecule has 0 saturated carbocycles. The summed E-state index contributed by atoms with van der Waals surface area (Å²) in [6.07, 6.45) is 9.56. The van der Waals surface area contributed by atoms with Crippen molar-refractivity contribution in [3.63, 3.8) is 0 Å². The first-order valence-electron chi connectivity index (χ1n) is 16.2. The quantitative estimate of drug-likeness (QED) is 0.191. The van der Waals surface area contributed by atoms with Gasteiger partial charge in [0.25, 0.3) is 11.8 Å². The molecule has 4 aliphatic rings. The lowest BCUT2D eigenvalue weighted by atomic mass is 9.90. The molecule has 2 aromatic carbocycles. The van der Waals surface area contributed by atoms with E-state index in [2.05, 4.69) is 20.8 Å². The number of nitrogens with one attached hydrogen (secondary N) is 2. The number of halogens is 2. The number of carbonyl (C=O) groups excluding carboxylic acids is 2. The zero-order valence-electron chi connectivity index (χ0n) is 25.6. The van der Waals surface area contributed by atoms with E-state index in [1.807, 2.05) is 36.4 Å². The van der Waals surface area contributed by atoms with Crippen molar-refractivity contribution < 1.29 is 9.59 Å². The number of nitrogens with zero attached hydrogens (tertiary/aromatic N) is 4. The summed E-state index contributed by atoms with van der Waals surface area (Å²) in [5.41, 5.74) is 20.2. The van der Waals surface area contributed by atoms with Crippen molar-refractivity contribution in [3.8, 4) is 0 Å². The van der Waals surface area contributed by atoms with Crippen LogP contribution < -0.4 is 22.1 Å². The van der Waals surface area contributed by atoms with Crippen molar-refractivity contribution in [2.24, 2.45) is 0 Å². The number of nitrogen functional groups attached to an aromatic ring is 2. The Hall–Kier alpha value is -4.02. The van der Waals surface area contributed by atoms with Gasteiger partial charge in [0.05, 0.1) is 23.2 Å². The Kier molecular flexibility index (Phi) is 8.42. The number of nitrogens with two attached hydrogens (primary N) is 2. The summed E-state index contributed by atoms with van der Waals surface area (Å²) in [7, 11) is 0. The van der Waals surface area contributed by atoms with Gasteiger partial charge in [0.15, 0.2) is 0 Å². The molecular formula is C34H38Cl2N8O2. The van der Waals surface area contributed by atoms with Crippen LogP contribution in [0.25, 0.3) is 0 Å². The molecule has 46 heavy (non-hydrogen) atoms. The lowest BCUT2D eigenvalue weighted by Gasteiger charge is -2.26. The number of anilines is 4. The van der Waals surface area contributed by atoms with E-state index in [1.165, 1.54) is 4.68 Å². The van der Waals surface area contributed by atoms with Crippen LogP contribution in [0.2, 0.25) is 10.0 Å². The normalized spacial score (nSPS) is 19.6. The monoisotopic (exact) mass is 660 g/mol. The predicted molar refractivity (Wildman–Crippen MR) is 182 cm³/mol. The highest BCUT2D eigenvalue weighted by atomic mass is 35.5. The molecule has 2 aromatic heterocycles. The van der Waals surface area contributed by atoms with Gasteiger partial charge in [0.1, 0.15) is 11.6 Å². The summed E-state index contributed by atoms with van der Waals surface area (Å²) < 4.78 is 3.00. The summed E-state index contributed by atoms with van der Waals surface area (Å²) in [4.78, 5) is 26.2. The zero-order chi connectivity index (χ0) is 31.9. The number of hydrogen-bond donors (Lipinski definition) is 4. The summed E-state index contributed by atoms with van der Waals surface area (Å²) >= 11 is 12.1. The maximum Gasteiger partial charge on any atom is 0.256 e. The van der Waals surface area contributed by atoms with Crippen LogP contribution in [-0.4, -0.2) is 44.5 Å². The molecule has 240 valence electrons. The van der Waals surface area contributed by atoms with Crippen LogP contribution in [0.15, 0.2) is 36.4 Å². The molecule has 0 saturated heterocycles. The lowest BCUT2D eigenvalue weighted by molar-refractivity contribution is 0.0847. The van der Waals surface area contributed by atoms with Crippen molar-refractivity contribution in [1.82, 2.24) is 19.6 Å². The maximum atomic E-state index is 13.1. The molecule has 0 fully saturated rings. The van der Waals surface area contributed by atoms with Gasteiger partial charge in [-0.25, -0.2) is 4.68 Å². The van der Waals surface area contributed by atoms with Crippen LogP contribution >= 0.6 is 23.2 Å². The summed E-state index contributed by atoms with van der Waals surface area (Å²) in [6.45, 7) is 1.49. The van der Waals surface area contributed by atoms with Crippen LogP contribution in [0.5, 0.6) is 0 Å². The minimum absolute atomic E-state index is 0.0184. The number of aryl methyl sites for hydroxylation is 1. The summed E-state index contributed by atoms with van der Waals surface area (Å²) in [5, 5.41) is 16.8. The molecule has 0 spiro atoms. The Labute approximate surface area is 277 Å². The third kappa shape index (κ3) is 5.62. The van der Waals surface area contributed by atoms with Gasteiger partial charge in [-0.3, -0.25) is 9.59 Å². The number of rotatable bonds is 2. The molecule has 12 heteroatoms. The summed E-state index contributed by atoms with van der Waals surface area (Å²) in [5.74, 6) is 0.588. The average molecular weight is 662 g/mol. The molecule has 2 atom stereocenters. The van der Waals surface area contributed by atoms with Gasteiger partial charge in [0.2, 0.25) is 0 Å². The zero-order valence-corrected chi connectivity index (χ0v) is 27.1. The first-order chi connectivity index (χ1) is 22.3. The number of carbonyl (C=O) groups is 2. The molecule has 8 rings (SSSR count). The van der Waals surface area contributed by atoms with Crippen LogP contribution in [0.1, 0.15) is 93.6 Å². The van der Waals surface area contributed by atoms with Gasteiger partial charge >= 0.3 is 0 Å². The Bertz CT molecular complexity index is 1830. The molecular weight excluding hydrogens is 623 g/mol. The second-order valence-electron chi connectivity index (χ2n) is 12.5. The predicted octanol–water partition coefficient (Wildman–Crippen LogP) is 6.47. The van der Waals surface area contributed by atoms with Crippen LogP contribution in [0, 0.1) is 0 Å². The Morgan fingerprint density at radius 1 is 0.717 bits per heavy atom. The van der Waals surface area contributed by atoms with Crippen molar-refractivity contribution in [2.75, 3.05) is 35.2 Å². The smallest absolute Gasteiger partial charge is 0.256 e. The van der Waals surface area contributed by atoms with Crippen molar-refractivity contribution >= 4 is 58.0 Å². The van der Waals surface area contributed by atoms with Gasteiger partial charge in [-0.05, 0) is 99.6 Å². The van der Waals surface area contributed by atoms with E-state index < -0.39 is 0 Å². The molecule has 0 amide bonds. The molecule has 4 heterocycles. The third-order valence-corrected chi connectivity index (χ3v) is 10.2. The molecule has 2 aliphatic carbocycles. The largest absolute Gasteiger partial charge is 0.385 e. The lowest BCUT2D eigenvalue weighted by Crippen LogP contribution is -2.29. The van der Waals surface area contributed by atoms with E-state index >= 15 is 0 Å². The Morgan fingerprint density at radius 2 is 1.26 bits per heavy atom. The van der Waals surface area contributed by atoms with E-state index in [-0.39, 0.29) is 23.7 Å². The summed E-state index contributed by atoms with van der Waals surface area (Å²) in [6, 6.07) is 11.3. The molecule has 4 aromatic rings. The van der Waals surface area contributed by atoms with Gasteiger partial charge in [-0.15, -0.1) is 5.10 Å². The SMILES string of the molecule is Nc1c2c(nn1C(=O)C1CCNc3cc(Cl)ccc31)CCCC2.Nc1nn(C(=O)C2CCNc3cc(Cl)ccc32)c2c1CCCC2. The molecule has 2 unspecified atom stereocenters. The van der Waals surface area contributed by atoms with Gasteiger partial charge in [0, 0.05) is 45.6 Å². The van der Waals surface area contributed by atoms with Crippen LogP contribution in [0.3, 0.4) is 0 Å². The first-order valence-corrected chi connectivity index (χ1v) is 16.9. The van der Waals surface area contributed by atoms with Crippen molar-refractivity contribution in [1.29, 1.82) is 0 Å². The van der Waals surface area contributed by atoms with Crippen LogP contribution in [0.4, 0.5) is 23.0 Å². The fourth-order valence-corrected chi connectivity index (χ4v) is 7.69. The van der Waals surface area contributed by atoms with E-state index in [0.29, 0.717) is 21.7 Å². The maximum absolute atomic E-state index is 13.1. The van der Waals surface area contributed by atoms with Gasteiger partial charge in [-0.1, -0.05) is 35.3 Å². The second-order valence-corrected chi connectivity index (χ2v) is 13.4. The van der Waals surface area contributed by atoms with E-state index in [9.17, 15) is 9.59 Å². The highest BCUT2D eigenvalue weighted by Gasteiger charge is 2.33. The standard InChI is InChI=1S/2C17H19ClN4O/c18-10-5-6-11-12(7-8-20-14(11)9-10)17(23)22-15-4-2-1-3-13(15)16(19)21-22;18-10-5-6-11-12(7-8-20-15(11)9-10)17(23)22-16(19)13-3-1-2-4-14(13)21-22/h5-6,9,12,20H,1-4,7-8H2,(H2,19,21);5-6,9,12,20H,1-4,7-8,19H2. The second kappa shape index (κ2) is 12.6. The number of aromatic nitrogens is 4. The number of benzene rings is 2. The van der Waals surface area contributed by atoms with E-state index in [4.69, 9.17) is 34.7 Å². The van der Waals surface area contributed by atoms with Gasteiger partial charge in [-0.2, -0.15) is 9.78 Å². The molecule has 0 bridgehead atoms. The van der Waals surface area contributed by atoms with Crippen LogP contribution in [-0.2, 0) is 25.7 Å². The van der Waals surface area contributed by atoms with Crippen molar-refractivity contribution in [3.05, 3.63) is 80.1 Å². The number of fused-ring (bicyclic) bond motifs is 4. The first kappa shape index (κ1) is 30.6. The van der Waals surface area contributed by atoms with Gasteiger partial charge < -0.3 is 22.1 Å². The highest BCUT2D eigenvalue weighted by Crippen LogP contribution is 2.37. The molecule has 6 N–H and O–H groups in total. The molecule has 0 radical (unpaired) electrons. The third-order valence-electron chi connectivity index (χ3n) is 9.70. The Morgan fingerprint density at radius 3 is 1.87 bits per heavy atom. The highest BCUT2D eigenvalue weighted by molar-refractivity contribution is 6.31. The van der Waals surface area contributed by atoms with Crippen molar-refractivity contribution in [2.45, 2.75) is 76.0 Å². The Balaban J connectivity index is 0.000000147. The van der Waals surface area contributed by atoms with E-state index in [1.54, 1.807) is 4.68 Å². The topological polar surface area (TPSA) is 146 Å².